The lowest BCUT2D eigenvalue weighted by Gasteiger charge is -2.06. The number of benzene rings is 3. The summed E-state index contributed by atoms with van der Waals surface area (Å²) >= 11 is 5.86. The van der Waals surface area contributed by atoms with Crippen molar-refractivity contribution < 1.29 is 14.3 Å². The molecule has 0 aliphatic rings. The molecule has 0 unspecified atom stereocenters. The molecule has 1 amide bonds. The molecule has 0 aliphatic carbocycles. The van der Waals surface area contributed by atoms with Gasteiger partial charge in [-0.2, -0.15) is 10.2 Å². The van der Waals surface area contributed by atoms with Crippen LogP contribution in [0.4, 0.5) is 0 Å². The Hall–Kier alpha value is -4.10. The van der Waals surface area contributed by atoms with E-state index in [2.05, 4.69) is 17.5 Å². The standard InChI is InChI=1S/C27H25ClN4O3/c1-2-16-34-24-12-8-20(9-13-24)27-21(18-32(31-27)23-6-4-3-5-7-23)17-29-30-26(33)19-35-25-14-10-22(28)11-15-25/h3-15,17-18H,2,16,19H2,1H3,(H,30,33). The van der Waals surface area contributed by atoms with Crippen LogP contribution < -0.4 is 14.9 Å². The molecular weight excluding hydrogens is 464 g/mol. The number of carbonyl (C=O) groups excluding carboxylic acids is 1. The minimum Gasteiger partial charge on any atom is -0.494 e. The van der Waals surface area contributed by atoms with Gasteiger partial charge in [0.25, 0.3) is 5.91 Å². The van der Waals surface area contributed by atoms with Crippen LogP contribution in [0.15, 0.2) is 90.2 Å². The van der Waals surface area contributed by atoms with E-state index < -0.39 is 0 Å². The van der Waals surface area contributed by atoms with Crippen LogP contribution in [0.3, 0.4) is 0 Å². The lowest BCUT2D eigenvalue weighted by atomic mass is 10.1. The zero-order valence-corrected chi connectivity index (χ0v) is 20.0. The van der Waals surface area contributed by atoms with Gasteiger partial charge in [-0.1, -0.05) is 36.7 Å². The molecule has 1 aromatic heterocycles. The number of nitrogens with zero attached hydrogens (tertiary/aromatic N) is 3. The molecule has 0 spiro atoms. The van der Waals surface area contributed by atoms with Gasteiger partial charge < -0.3 is 9.47 Å². The second-order valence-corrected chi connectivity index (χ2v) is 8.06. The highest BCUT2D eigenvalue weighted by molar-refractivity contribution is 6.30. The molecule has 178 valence electrons. The number of para-hydroxylation sites is 1. The van der Waals surface area contributed by atoms with E-state index >= 15 is 0 Å². The molecule has 35 heavy (non-hydrogen) atoms. The average molecular weight is 489 g/mol. The van der Waals surface area contributed by atoms with Crippen molar-refractivity contribution in [2.24, 2.45) is 5.10 Å². The second kappa shape index (κ2) is 11.9. The molecule has 1 heterocycles. The van der Waals surface area contributed by atoms with Gasteiger partial charge in [-0.3, -0.25) is 4.79 Å². The first-order valence-corrected chi connectivity index (χ1v) is 11.6. The predicted octanol–water partition coefficient (Wildman–Crippen LogP) is 5.51. The first-order chi connectivity index (χ1) is 17.1. The number of rotatable bonds is 10. The molecule has 7 nitrogen and oxygen atoms in total. The van der Waals surface area contributed by atoms with Gasteiger partial charge in [0.05, 0.1) is 18.5 Å². The van der Waals surface area contributed by atoms with Crippen LogP contribution >= 0.6 is 11.6 Å². The van der Waals surface area contributed by atoms with Crippen molar-refractivity contribution in [3.63, 3.8) is 0 Å². The molecule has 4 rings (SSSR count). The highest BCUT2D eigenvalue weighted by atomic mass is 35.5. The third kappa shape index (κ3) is 6.71. The SMILES string of the molecule is CCCOc1ccc(-c2nn(-c3ccccc3)cc2C=NNC(=O)COc2ccc(Cl)cc2)cc1. The zero-order valence-electron chi connectivity index (χ0n) is 19.2. The lowest BCUT2D eigenvalue weighted by molar-refractivity contribution is -0.123. The van der Waals surface area contributed by atoms with Crippen LogP contribution in [0, 0.1) is 0 Å². The Balaban J connectivity index is 1.49. The number of hydrogen-bond donors (Lipinski definition) is 1. The van der Waals surface area contributed by atoms with Gasteiger partial charge in [0.1, 0.15) is 17.2 Å². The maximum atomic E-state index is 12.2. The fraction of sp³-hybridized carbons (Fsp3) is 0.148. The Morgan fingerprint density at radius 3 is 2.40 bits per heavy atom. The highest BCUT2D eigenvalue weighted by Crippen LogP contribution is 2.25. The first-order valence-electron chi connectivity index (χ1n) is 11.2. The predicted molar refractivity (Wildman–Crippen MR) is 137 cm³/mol. The number of hydrogen-bond acceptors (Lipinski definition) is 5. The molecule has 0 fully saturated rings. The molecule has 3 aromatic carbocycles. The second-order valence-electron chi connectivity index (χ2n) is 7.62. The summed E-state index contributed by atoms with van der Waals surface area (Å²) in [5.74, 6) is 0.971. The molecule has 0 atom stereocenters. The van der Waals surface area contributed by atoms with Gasteiger partial charge >= 0.3 is 0 Å². The summed E-state index contributed by atoms with van der Waals surface area (Å²) in [6.07, 6.45) is 4.38. The summed E-state index contributed by atoms with van der Waals surface area (Å²) in [5.41, 5.74) is 5.79. The van der Waals surface area contributed by atoms with Crippen molar-refractivity contribution in [2.45, 2.75) is 13.3 Å². The van der Waals surface area contributed by atoms with Gasteiger partial charge in [0.15, 0.2) is 6.61 Å². The fourth-order valence-corrected chi connectivity index (χ4v) is 3.36. The largest absolute Gasteiger partial charge is 0.494 e. The Labute approximate surface area is 209 Å². The molecule has 0 saturated heterocycles. The van der Waals surface area contributed by atoms with Crippen molar-refractivity contribution in [3.8, 4) is 28.4 Å². The third-order valence-corrected chi connectivity index (χ3v) is 5.19. The number of carbonyl (C=O) groups is 1. The van der Waals surface area contributed by atoms with E-state index in [9.17, 15) is 4.79 Å². The molecule has 4 aromatic rings. The minimum absolute atomic E-state index is 0.172. The summed E-state index contributed by atoms with van der Waals surface area (Å²) in [6.45, 7) is 2.56. The Morgan fingerprint density at radius 2 is 1.69 bits per heavy atom. The van der Waals surface area contributed by atoms with Crippen LogP contribution in [-0.4, -0.2) is 35.1 Å². The third-order valence-electron chi connectivity index (χ3n) is 4.94. The molecular formula is C27H25ClN4O3. The Kier molecular flexibility index (Phi) is 8.14. The Bertz CT molecular complexity index is 1270. The molecule has 0 radical (unpaired) electrons. The van der Waals surface area contributed by atoms with Gasteiger partial charge in [-0.25, -0.2) is 10.1 Å². The summed E-state index contributed by atoms with van der Waals surface area (Å²) < 4.78 is 12.9. The maximum Gasteiger partial charge on any atom is 0.277 e. The number of halogens is 1. The van der Waals surface area contributed by atoms with Crippen LogP contribution in [0.2, 0.25) is 5.02 Å². The number of aromatic nitrogens is 2. The van der Waals surface area contributed by atoms with Crippen molar-refractivity contribution >= 4 is 23.7 Å². The number of amides is 1. The molecule has 0 saturated carbocycles. The van der Waals surface area contributed by atoms with E-state index in [1.54, 1.807) is 35.2 Å². The van der Waals surface area contributed by atoms with E-state index in [4.69, 9.17) is 26.2 Å². The molecule has 0 bridgehead atoms. The number of ether oxygens (including phenoxy) is 2. The number of nitrogens with one attached hydrogen (secondary N) is 1. The molecule has 8 heteroatoms. The molecule has 0 aliphatic heterocycles. The lowest BCUT2D eigenvalue weighted by Crippen LogP contribution is -2.24. The van der Waals surface area contributed by atoms with E-state index in [0.29, 0.717) is 17.4 Å². The van der Waals surface area contributed by atoms with Crippen molar-refractivity contribution in [1.82, 2.24) is 15.2 Å². The first kappa shape index (κ1) is 24.0. The van der Waals surface area contributed by atoms with Crippen molar-refractivity contribution in [2.75, 3.05) is 13.2 Å². The monoisotopic (exact) mass is 488 g/mol. The van der Waals surface area contributed by atoms with E-state index in [0.717, 1.165) is 34.7 Å². The van der Waals surface area contributed by atoms with Crippen LogP contribution in [0.5, 0.6) is 11.5 Å². The topological polar surface area (TPSA) is 77.7 Å². The maximum absolute atomic E-state index is 12.2. The summed E-state index contributed by atoms with van der Waals surface area (Å²) in [5, 5.41) is 9.47. The highest BCUT2D eigenvalue weighted by Gasteiger charge is 2.12. The van der Waals surface area contributed by atoms with Crippen LogP contribution in [-0.2, 0) is 4.79 Å². The summed E-state index contributed by atoms with van der Waals surface area (Å²) in [7, 11) is 0. The van der Waals surface area contributed by atoms with Gasteiger partial charge in [-0.05, 0) is 67.1 Å². The van der Waals surface area contributed by atoms with E-state index in [-0.39, 0.29) is 12.5 Å². The normalized spacial score (nSPS) is 10.9. The van der Waals surface area contributed by atoms with Gasteiger partial charge in [0, 0.05) is 22.3 Å². The zero-order chi connectivity index (χ0) is 24.5. The average Bonchev–Trinajstić information content (AvgIpc) is 3.32. The fourth-order valence-electron chi connectivity index (χ4n) is 3.23. The quantitative estimate of drug-likeness (QED) is 0.236. The minimum atomic E-state index is -0.384. The summed E-state index contributed by atoms with van der Waals surface area (Å²) in [6, 6.07) is 24.3. The van der Waals surface area contributed by atoms with Gasteiger partial charge in [0.2, 0.25) is 0 Å². The van der Waals surface area contributed by atoms with Gasteiger partial charge in [-0.15, -0.1) is 0 Å². The Morgan fingerprint density at radius 1 is 1.00 bits per heavy atom. The van der Waals surface area contributed by atoms with Crippen molar-refractivity contribution in [1.29, 1.82) is 0 Å². The van der Waals surface area contributed by atoms with E-state index in [1.807, 2.05) is 60.8 Å². The molecule has 1 N–H and O–H groups in total. The number of hydrazone groups is 1. The van der Waals surface area contributed by atoms with Crippen LogP contribution in [0.25, 0.3) is 16.9 Å². The summed E-state index contributed by atoms with van der Waals surface area (Å²) in [4.78, 5) is 12.2. The van der Waals surface area contributed by atoms with Crippen LogP contribution in [0.1, 0.15) is 18.9 Å². The van der Waals surface area contributed by atoms with E-state index in [1.165, 1.54) is 0 Å². The smallest absolute Gasteiger partial charge is 0.277 e. The van der Waals surface area contributed by atoms with Crippen molar-refractivity contribution in [3.05, 3.63) is 95.6 Å².